The van der Waals surface area contributed by atoms with Crippen molar-refractivity contribution >= 4 is 10.9 Å². The molecule has 0 aliphatic carbocycles. The third kappa shape index (κ3) is 2.48. The van der Waals surface area contributed by atoms with Crippen molar-refractivity contribution < 1.29 is 4.42 Å². The van der Waals surface area contributed by atoms with Crippen LogP contribution in [0.2, 0.25) is 0 Å². The van der Waals surface area contributed by atoms with Gasteiger partial charge in [-0.15, -0.1) is 0 Å². The van der Waals surface area contributed by atoms with Gasteiger partial charge in [0.15, 0.2) is 0 Å². The van der Waals surface area contributed by atoms with Crippen LogP contribution in [0.15, 0.2) is 56.5 Å². The highest BCUT2D eigenvalue weighted by molar-refractivity contribution is 5.96. The van der Waals surface area contributed by atoms with Crippen LogP contribution < -0.4 is 11.2 Å². The molecule has 4 aromatic rings. The van der Waals surface area contributed by atoms with Gasteiger partial charge in [-0.05, 0) is 37.5 Å². The van der Waals surface area contributed by atoms with E-state index in [9.17, 15) is 9.59 Å². The standard InChI is InChI=1S/C23H23N3O3/c1-14-11-12-17(29-14)16-10-7-13-26-19(15-8-5-4-6-9-15)18-21(20(16)26)24(2)23(28)25(3)22(18)27/h4-6,8-9,11-12,16H,7,10,13H2,1-3H3/t16-/m1/s1. The molecule has 29 heavy (non-hydrogen) atoms. The van der Waals surface area contributed by atoms with E-state index in [0.29, 0.717) is 5.39 Å². The van der Waals surface area contributed by atoms with Crippen LogP contribution in [0, 0.1) is 6.92 Å². The van der Waals surface area contributed by atoms with Crippen molar-refractivity contribution in [2.45, 2.75) is 32.2 Å². The summed E-state index contributed by atoms with van der Waals surface area (Å²) in [7, 11) is 3.29. The Morgan fingerprint density at radius 3 is 2.45 bits per heavy atom. The molecule has 0 spiro atoms. The maximum atomic E-state index is 13.3. The lowest BCUT2D eigenvalue weighted by Gasteiger charge is -2.25. The van der Waals surface area contributed by atoms with E-state index in [0.717, 1.165) is 53.4 Å². The van der Waals surface area contributed by atoms with Gasteiger partial charge in [0.25, 0.3) is 5.56 Å². The van der Waals surface area contributed by atoms with E-state index in [1.165, 1.54) is 4.57 Å². The average molecular weight is 389 g/mol. The molecule has 5 rings (SSSR count). The Balaban J connectivity index is 1.97. The van der Waals surface area contributed by atoms with Crippen LogP contribution in [0.3, 0.4) is 0 Å². The molecule has 0 N–H and O–H groups in total. The molecule has 6 nitrogen and oxygen atoms in total. The van der Waals surface area contributed by atoms with Crippen molar-refractivity contribution in [3.8, 4) is 11.3 Å². The number of benzene rings is 1. The van der Waals surface area contributed by atoms with Crippen molar-refractivity contribution in [2.75, 3.05) is 0 Å². The van der Waals surface area contributed by atoms with Crippen molar-refractivity contribution in [1.82, 2.24) is 13.7 Å². The molecule has 0 bridgehead atoms. The van der Waals surface area contributed by atoms with E-state index in [-0.39, 0.29) is 17.2 Å². The molecule has 1 aromatic carbocycles. The zero-order chi connectivity index (χ0) is 20.3. The van der Waals surface area contributed by atoms with Crippen molar-refractivity contribution in [2.24, 2.45) is 14.1 Å². The maximum Gasteiger partial charge on any atom is 0.331 e. The van der Waals surface area contributed by atoms with Gasteiger partial charge in [-0.2, -0.15) is 0 Å². The molecule has 148 valence electrons. The molecule has 1 aliphatic rings. The second kappa shape index (κ2) is 6.37. The highest BCUT2D eigenvalue weighted by Crippen LogP contribution is 2.43. The topological polar surface area (TPSA) is 62.1 Å². The average Bonchev–Trinajstić information content (AvgIpc) is 3.32. The molecular weight excluding hydrogens is 366 g/mol. The van der Waals surface area contributed by atoms with Crippen LogP contribution in [0.1, 0.15) is 36.0 Å². The Bertz CT molecular complexity index is 1350. The van der Waals surface area contributed by atoms with Crippen LogP contribution >= 0.6 is 0 Å². The van der Waals surface area contributed by atoms with Crippen molar-refractivity contribution in [3.05, 3.63) is 80.5 Å². The fraction of sp³-hybridized carbons (Fsp3) is 0.304. The SMILES string of the molecule is Cc1ccc([C@H]2CCCn3c(-c4ccccc4)c4c(=O)n(C)c(=O)n(C)c4c32)o1. The summed E-state index contributed by atoms with van der Waals surface area (Å²) in [4.78, 5) is 26.0. The molecule has 1 aliphatic heterocycles. The van der Waals surface area contributed by atoms with Crippen molar-refractivity contribution in [3.63, 3.8) is 0 Å². The molecule has 3 aromatic heterocycles. The Morgan fingerprint density at radius 2 is 1.76 bits per heavy atom. The van der Waals surface area contributed by atoms with Gasteiger partial charge in [-0.3, -0.25) is 13.9 Å². The first kappa shape index (κ1) is 17.8. The first-order chi connectivity index (χ1) is 14.0. The maximum absolute atomic E-state index is 13.3. The smallest absolute Gasteiger partial charge is 0.331 e. The number of nitrogens with zero attached hydrogens (tertiary/aromatic N) is 3. The number of hydrogen-bond acceptors (Lipinski definition) is 3. The Kier molecular flexibility index (Phi) is 3.91. The number of fused-ring (bicyclic) bond motifs is 3. The van der Waals surface area contributed by atoms with E-state index in [4.69, 9.17) is 4.42 Å². The number of furan rings is 1. The summed E-state index contributed by atoms with van der Waals surface area (Å²) >= 11 is 0. The van der Waals surface area contributed by atoms with Gasteiger partial charge >= 0.3 is 5.69 Å². The molecule has 1 atom stereocenters. The molecule has 0 saturated heterocycles. The zero-order valence-corrected chi connectivity index (χ0v) is 16.8. The Labute approximate surface area is 167 Å². The third-order valence-electron chi connectivity index (χ3n) is 6.06. The largest absolute Gasteiger partial charge is 0.466 e. The van der Waals surface area contributed by atoms with Gasteiger partial charge in [-0.1, -0.05) is 30.3 Å². The van der Waals surface area contributed by atoms with Gasteiger partial charge in [0.1, 0.15) is 11.5 Å². The highest BCUT2D eigenvalue weighted by atomic mass is 16.3. The number of aromatic nitrogens is 3. The molecule has 6 heteroatoms. The molecule has 0 fully saturated rings. The highest BCUT2D eigenvalue weighted by Gasteiger charge is 2.33. The fourth-order valence-corrected chi connectivity index (χ4v) is 4.73. The molecule has 0 radical (unpaired) electrons. The summed E-state index contributed by atoms with van der Waals surface area (Å²) in [5.74, 6) is 1.76. The lowest BCUT2D eigenvalue weighted by Crippen LogP contribution is -2.37. The second-order valence-electron chi connectivity index (χ2n) is 7.82. The van der Waals surface area contributed by atoms with Gasteiger partial charge in [-0.25, -0.2) is 4.79 Å². The summed E-state index contributed by atoms with van der Waals surface area (Å²) in [5.41, 5.74) is 3.02. The van der Waals surface area contributed by atoms with E-state index >= 15 is 0 Å². The zero-order valence-electron chi connectivity index (χ0n) is 16.8. The summed E-state index contributed by atoms with van der Waals surface area (Å²) in [6.07, 6.45) is 1.90. The van der Waals surface area contributed by atoms with Gasteiger partial charge in [0.2, 0.25) is 0 Å². The van der Waals surface area contributed by atoms with E-state index in [1.807, 2.05) is 49.4 Å². The van der Waals surface area contributed by atoms with E-state index in [1.54, 1.807) is 18.7 Å². The minimum Gasteiger partial charge on any atom is -0.466 e. The molecular formula is C23H23N3O3. The quantitative estimate of drug-likeness (QED) is 0.527. The molecule has 0 amide bonds. The fourth-order valence-electron chi connectivity index (χ4n) is 4.73. The van der Waals surface area contributed by atoms with Crippen LogP contribution in [0.4, 0.5) is 0 Å². The Morgan fingerprint density at radius 1 is 1.00 bits per heavy atom. The summed E-state index contributed by atoms with van der Waals surface area (Å²) < 4.78 is 11.0. The summed E-state index contributed by atoms with van der Waals surface area (Å²) in [6.45, 7) is 2.74. The summed E-state index contributed by atoms with van der Waals surface area (Å²) in [6, 6.07) is 13.9. The lowest BCUT2D eigenvalue weighted by molar-refractivity contribution is 0.409. The number of aryl methyl sites for hydroxylation is 2. The van der Waals surface area contributed by atoms with Gasteiger partial charge < -0.3 is 8.98 Å². The van der Waals surface area contributed by atoms with Gasteiger partial charge in [0.05, 0.1) is 28.2 Å². The predicted octanol–water partition coefficient (Wildman–Crippen LogP) is 3.53. The lowest BCUT2D eigenvalue weighted by atomic mass is 9.93. The van der Waals surface area contributed by atoms with Crippen LogP contribution in [-0.2, 0) is 20.6 Å². The first-order valence-electron chi connectivity index (χ1n) is 9.93. The van der Waals surface area contributed by atoms with E-state index in [2.05, 4.69) is 4.57 Å². The normalized spacial score (nSPS) is 16.3. The number of rotatable bonds is 2. The monoisotopic (exact) mass is 389 g/mol. The first-order valence-corrected chi connectivity index (χ1v) is 9.93. The van der Waals surface area contributed by atoms with Crippen molar-refractivity contribution in [1.29, 1.82) is 0 Å². The van der Waals surface area contributed by atoms with Gasteiger partial charge in [0, 0.05) is 20.6 Å². The predicted molar refractivity (Wildman–Crippen MR) is 112 cm³/mol. The minimum atomic E-state index is -0.310. The number of hydrogen-bond donors (Lipinski definition) is 0. The van der Waals surface area contributed by atoms with Crippen LogP contribution in [0.5, 0.6) is 0 Å². The Hall–Kier alpha value is -3.28. The van der Waals surface area contributed by atoms with Crippen LogP contribution in [-0.4, -0.2) is 13.7 Å². The van der Waals surface area contributed by atoms with E-state index < -0.39 is 0 Å². The molecule has 4 heterocycles. The third-order valence-corrected chi connectivity index (χ3v) is 6.06. The second-order valence-corrected chi connectivity index (χ2v) is 7.82. The minimum absolute atomic E-state index is 0.00937. The molecule has 0 unspecified atom stereocenters. The molecule has 0 saturated carbocycles. The van der Waals surface area contributed by atoms with Crippen LogP contribution in [0.25, 0.3) is 22.2 Å². The summed E-state index contributed by atoms with van der Waals surface area (Å²) in [5, 5.41) is 0.603.